The summed E-state index contributed by atoms with van der Waals surface area (Å²) in [6, 6.07) is 10.1. The third kappa shape index (κ3) is 3.22. The Morgan fingerprint density at radius 3 is 2.38 bits per heavy atom. The number of rotatable bonds is 4. The Morgan fingerprint density at radius 2 is 1.77 bits per heavy atom. The van der Waals surface area contributed by atoms with Crippen LogP contribution in [-0.4, -0.2) is 52.1 Å². The molecule has 0 unspecified atom stereocenters. The predicted molar refractivity (Wildman–Crippen MR) is 95.2 cm³/mol. The van der Waals surface area contributed by atoms with Gasteiger partial charge in [-0.05, 0) is 31.0 Å². The molecular weight excluding hydrogens is 334 g/mol. The zero-order valence-electron chi connectivity index (χ0n) is 14.2. The van der Waals surface area contributed by atoms with E-state index in [1.807, 2.05) is 12.1 Å². The van der Waals surface area contributed by atoms with E-state index in [4.69, 9.17) is 0 Å². The van der Waals surface area contributed by atoms with Gasteiger partial charge in [0.05, 0.1) is 10.6 Å². The van der Waals surface area contributed by atoms with E-state index in [0.29, 0.717) is 32.1 Å². The Kier molecular flexibility index (Phi) is 4.24. The maximum absolute atomic E-state index is 12.7. The largest absolute Gasteiger partial charge is 0.352 e. The monoisotopic (exact) mass is 353 g/mol. The van der Waals surface area contributed by atoms with Crippen molar-refractivity contribution in [3.8, 4) is 0 Å². The molecule has 8 heteroatoms. The average molecular weight is 353 g/mol. The molecule has 1 aliphatic heterocycles. The number of benzene rings is 1. The van der Waals surface area contributed by atoms with Crippen LogP contribution in [0, 0.1) is 10.1 Å². The molecule has 1 saturated heterocycles. The molecule has 134 valence electrons. The van der Waals surface area contributed by atoms with Gasteiger partial charge in [0.1, 0.15) is 5.56 Å². The number of nitro groups is 1. The van der Waals surface area contributed by atoms with Crippen molar-refractivity contribution in [2.75, 3.05) is 31.1 Å². The standard InChI is InChI=1S/C18H19N5O3/c24-18(14-3-1-2-4-16(14)23(25)26)22-11-9-21(10-12-22)17-8-7-15(19-20-17)13-5-6-13/h1-4,7-8,13H,5-6,9-12H2. The molecule has 1 aliphatic carbocycles. The van der Waals surface area contributed by atoms with Crippen molar-refractivity contribution >= 4 is 17.4 Å². The van der Waals surface area contributed by atoms with Crippen molar-refractivity contribution in [1.29, 1.82) is 0 Å². The second-order valence-corrected chi connectivity index (χ2v) is 6.64. The summed E-state index contributed by atoms with van der Waals surface area (Å²) in [5.41, 5.74) is 1.04. The molecule has 26 heavy (non-hydrogen) atoms. The first-order valence-corrected chi connectivity index (χ1v) is 8.75. The Labute approximate surface area is 150 Å². The third-order valence-electron chi connectivity index (χ3n) is 4.89. The number of aromatic nitrogens is 2. The van der Waals surface area contributed by atoms with E-state index in [2.05, 4.69) is 15.1 Å². The van der Waals surface area contributed by atoms with Crippen LogP contribution in [0.3, 0.4) is 0 Å². The fourth-order valence-electron chi connectivity index (χ4n) is 3.22. The molecular formula is C18H19N5O3. The molecule has 4 rings (SSSR count). The average Bonchev–Trinajstić information content (AvgIpc) is 3.53. The summed E-state index contributed by atoms with van der Waals surface area (Å²) in [6.45, 7) is 2.25. The number of amides is 1. The molecule has 0 atom stereocenters. The van der Waals surface area contributed by atoms with Crippen LogP contribution in [0.1, 0.15) is 34.8 Å². The number of hydrogen-bond donors (Lipinski definition) is 0. The van der Waals surface area contributed by atoms with Crippen LogP contribution in [0.4, 0.5) is 11.5 Å². The zero-order valence-corrected chi connectivity index (χ0v) is 14.2. The highest BCUT2D eigenvalue weighted by atomic mass is 16.6. The van der Waals surface area contributed by atoms with Crippen LogP contribution in [-0.2, 0) is 0 Å². The van der Waals surface area contributed by atoms with Crippen molar-refractivity contribution < 1.29 is 9.72 Å². The quantitative estimate of drug-likeness (QED) is 0.618. The van der Waals surface area contributed by atoms with Crippen molar-refractivity contribution in [2.24, 2.45) is 0 Å². The predicted octanol–water partition coefficient (Wildman–Crippen LogP) is 2.22. The minimum atomic E-state index is -0.513. The van der Waals surface area contributed by atoms with E-state index in [-0.39, 0.29) is 17.2 Å². The highest BCUT2D eigenvalue weighted by molar-refractivity contribution is 5.98. The van der Waals surface area contributed by atoms with Gasteiger partial charge in [-0.1, -0.05) is 12.1 Å². The lowest BCUT2D eigenvalue weighted by atomic mass is 10.1. The number of carbonyl (C=O) groups is 1. The first-order valence-electron chi connectivity index (χ1n) is 8.75. The molecule has 2 fully saturated rings. The van der Waals surface area contributed by atoms with Crippen molar-refractivity contribution in [3.63, 3.8) is 0 Å². The minimum Gasteiger partial charge on any atom is -0.352 e. The van der Waals surface area contributed by atoms with Gasteiger partial charge in [0.15, 0.2) is 5.82 Å². The lowest BCUT2D eigenvalue weighted by molar-refractivity contribution is -0.385. The molecule has 8 nitrogen and oxygen atoms in total. The second-order valence-electron chi connectivity index (χ2n) is 6.64. The summed E-state index contributed by atoms with van der Waals surface area (Å²) in [5.74, 6) is 1.09. The number of carbonyl (C=O) groups excluding carboxylic acids is 1. The van der Waals surface area contributed by atoms with Gasteiger partial charge in [-0.25, -0.2) is 0 Å². The molecule has 0 spiro atoms. The molecule has 2 aromatic rings. The molecule has 1 aromatic heterocycles. The Morgan fingerprint density at radius 1 is 1.04 bits per heavy atom. The van der Waals surface area contributed by atoms with Gasteiger partial charge in [0.2, 0.25) is 0 Å². The topological polar surface area (TPSA) is 92.5 Å². The maximum Gasteiger partial charge on any atom is 0.282 e. The highest BCUT2D eigenvalue weighted by Crippen LogP contribution is 2.38. The Hall–Kier alpha value is -3.03. The molecule has 1 saturated carbocycles. The van der Waals surface area contributed by atoms with E-state index >= 15 is 0 Å². The molecule has 2 aliphatic rings. The van der Waals surface area contributed by atoms with Crippen LogP contribution in [0.2, 0.25) is 0 Å². The fourth-order valence-corrected chi connectivity index (χ4v) is 3.22. The van der Waals surface area contributed by atoms with Crippen LogP contribution in [0.5, 0.6) is 0 Å². The van der Waals surface area contributed by atoms with E-state index in [9.17, 15) is 14.9 Å². The van der Waals surface area contributed by atoms with E-state index in [1.54, 1.807) is 17.0 Å². The van der Waals surface area contributed by atoms with Gasteiger partial charge in [-0.2, -0.15) is 5.10 Å². The van der Waals surface area contributed by atoms with Gasteiger partial charge in [0, 0.05) is 38.2 Å². The smallest absolute Gasteiger partial charge is 0.282 e. The van der Waals surface area contributed by atoms with Crippen LogP contribution < -0.4 is 4.90 Å². The summed E-state index contributed by atoms with van der Waals surface area (Å²) >= 11 is 0. The lowest BCUT2D eigenvalue weighted by Crippen LogP contribution is -2.49. The van der Waals surface area contributed by atoms with Gasteiger partial charge in [-0.3, -0.25) is 14.9 Å². The lowest BCUT2D eigenvalue weighted by Gasteiger charge is -2.35. The number of para-hydroxylation sites is 1. The first-order chi connectivity index (χ1) is 12.6. The van der Waals surface area contributed by atoms with Gasteiger partial charge in [0.25, 0.3) is 11.6 Å². The van der Waals surface area contributed by atoms with Crippen LogP contribution >= 0.6 is 0 Å². The number of piperazine rings is 1. The molecule has 0 radical (unpaired) electrons. The maximum atomic E-state index is 12.7. The van der Waals surface area contributed by atoms with Crippen LogP contribution in [0.15, 0.2) is 36.4 Å². The molecule has 1 aromatic carbocycles. The van der Waals surface area contributed by atoms with Gasteiger partial charge in [-0.15, -0.1) is 5.10 Å². The molecule has 2 heterocycles. The second kappa shape index (κ2) is 6.70. The van der Waals surface area contributed by atoms with Crippen LogP contribution in [0.25, 0.3) is 0 Å². The number of nitrogens with zero attached hydrogens (tertiary/aromatic N) is 5. The van der Waals surface area contributed by atoms with E-state index in [1.165, 1.54) is 25.0 Å². The number of hydrogen-bond acceptors (Lipinski definition) is 6. The van der Waals surface area contributed by atoms with E-state index < -0.39 is 4.92 Å². The first kappa shape index (κ1) is 16.4. The third-order valence-corrected chi connectivity index (χ3v) is 4.89. The molecule has 0 bridgehead atoms. The molecule has 0 N–H and O–H groups in total. The van der Waals surface area contributed by atoms with Gasteiger partial charge < -0.3 is 9.80 Å². The summed E-state index contributed by atoms with van der Waals surface area (Å²) in [7, 11) is 0. The molecule has 1 amide bonds. The van der Waals surface area contributed by atoms with Crippen molar-refractivity contribution in [3.05, 3.63) is 57.8 Å². The summed E-state index contributed by atoms with van der Waals surface area (Å²) < 4.78 is 0. The highest BCUT2D eigenvalue weighted by Gasteiger charge is 2.28. The fraction of sp³-hybridized carbons (Fsp3) is 0.389. The van der Waals surface area contributed by atoms with Crippen molar-refractivity contribution in [2.45, 2.75) is 18.8 Å². The number of nitro benzene ring substituents is 1. The summed E-state index contributed by atoms with van der Waals surface area (Å²) in [4.78, 5) is 27.0. The SMILES string of the molecule is O=C(c1ccccc1[N+](=O)[O-])N1CCN(c2ccc(C3CC3)nn2)CC1. The number of anilines is 1. The normalized spacial score (nSPS) is 17.2. The minimum absolute atomic E-state index is 0.138. The zero-order chi connectivity index (χ0) is 18.1. The van der Waals surface area contributed by atoms with Crippen molar-refractivity contribution in [1.82, 2.24) is 15.1 Å². The summed E-state index contributed by atoms with van der Waals surface area (Å²) in [5, 5.41) is 19.8. The Balaban J connectivity index is 1.41. The Bertz CT molecular complexity index is 827. The van der Waals surface area contributed by atoms with E-state index in [0.717, 1.165) is 11.5 Å². The summed E-state index contributed by atoms with van der Waals surface area (Å²) in [6.07, 6.45) is 2.39. The van der Waals surface area contributed by atoms with Gasteiger partial charge >= 0.3 is 0 Å².